The summed E-state index contributed by atoms with van der Waals surface area (Å²) in [5.41, 5.74) is 5.78. The van der Waals surface area contributed by atoms with E-state index in [0.29, 0.717) is 17.3 Å². The Morgan fingerprint density at radius 3 is 2.73 bits per heavy atom. The van der Waals surface area contributed by atoms with Crippen molar-refractivity contribution in [1.29, 1.82) is 0 Å². The Balaban J connectivity index is 0.00000181. The molecule has 3 aromatic rings. The maximum absolute atomic E-state index is 13.0. The zero-order chi connectivity index (χ0) is 21.1. The van der Waals surface area contributed by atoms with E-state index in [-0.39, 0.29) is 9.27 Å². The highest BCUT2D eigenvalue weighted by molar-refractivity contribution is 5.83. The fraction of sp³-hybridized carbons (Fsp3) is 0.458. The summed E-state index contributed by atoms with van der Waals surface area (Å²) in [5.74, 6) is 1.22. The van der Waals surface area contributed by atoms with E-state index in [9.17, 15) is 8.78 Å². The molecule has 164 valence electrons. The third kappa shape index (κ3) is 4.55. The largest absolute Gasteiger partial charge is 0.338 e. The quantitative estimate of drug-likeness (QED) is 0.554. The Morgan fingerprint density at radius 2 is 2.00 bits per heavy atom. The van der Waals surface area contributed by atoms with Gasteiger partial charge in [-0.1, -0.05) is 30.3 Å². The Hall–Kier alpha value is -2.31. The molecular formula is C24H34F2N4. The summed E-state index contributed by atoms with van der Waals surface area (Å²) in [5, 5.41) is 3.22. The normalized spacial score (nSPS) is 16.0. The second-order valence-corrected chi connectivity index (χ2v) is 8.29. The lowest BCUT2D eigenvalue weighted by Crippen LogP contribution is -2.37. The molecule has 0 atom stereocenters. The number of benzene rings is 2. The summed E-state index contributed by atoms with van der Waals surface area (Å²) in [4.78, 5) is 10.7. The topological polar surface area (TPSA) is 44.0 Å². The summed E-state index contributed by atoms with van der Waals surface area (Å²) < 4.78 is 26.0. The van der Waals surface area contributed by atoms with Crippen molar-refractivity contribution in [2.45, 2.75) is 38.5 Å². The molecule has 2 aromatic carbocycles. The van der Waals surface area contributed by atoms with E-state index in [4.69, 9.17) is 4.98 Å². The first-order valence-corrected chi connectivity index (χ1v) is 10.8. The number of aromatic amines is 1. The summed E-state index contributed by atoms with van der Waals surface area (Å²) in [7, 11) is 2.00. The third-order valence-electron chi connectivity index (χ3n) is 6.18. The summed E-state index contributed by atoms with van der Waals surface area (Å²) >= 11 is 0. The molecule has 4 nitrogen and oxygen atoms in total. The second kappa shape index (κ2) is 9.23. The highest BCUT2D eigenvalue weighted by Gasteiger charge is 2.22. The van der Waals surface area contributed by atoms with Crippen molar-refractivity contribution in [3.8, 4) is 11.4 Å². The minimum absolute atomic E-state index is 0. The van der Waals surface area contributed by atoms with Crippen LogP contribution in [0.4, 0.5) is 8.78 Å². The zero-order valence-corrected chi connectivity index (χ0v) is 17.7. The average Bonchev–Trinajstić information content (AvgIpc) is 3.17. The summed E-state index contributed by atoms with van der Waals surface area (Å²) in [6.07, 6.45) is -0.314. The molecule has 2 heterocycles. The van der Waals surface area contributed by atoms with Gasteiger partial charge in [-0.05, 0) is 68.6 Å². The lowest BCUT2D eigenvalue weighted by atomic mass is 9.88. The van der Waals surface area contributed by atoms with Crippen molar-refractivity contribution in [2.75, 3.05) is 33.2 Å². The number of alkyl halides is 2. The number of fused-ring (bicyclic) bond motifs is 1. The standard InChI is InChI=1S/C24H30F2N4.2H2/c1-16-13-19(17-7-10-30(11-8-17)12-9-27-2)14-21-23(16)29-24(28-21)20-6-4-3-5-18(20)15-22(25)26;;/h3-6,13-14,17,22,27H,7-12,15H2,1-2H3,(H,28,29);2*1H. The molecule has 0 amide bonds. The Bertz CT molecular complexity index is 1000. The second-order valence-electron chi connectivity index (χ2n) is 8.29. The fourth-order valence-corrected chi connectivity index (χ4v) is 4.54. The van der Waals surface area contributed by atoms with Gasteiger partial charge in [0.15, 0.2) is 0 Å². The van der Waals surface area contributed by atoms with Crippen molar-refractivity contribution >= 4 is 11.0 Å². The van der Waals surface area contributed by atoms with Crippen LogP contribution >= 0.6 is 0 Å². The highest BCUT2D eigenvalue weighted by Crippen LogP contribution is 2.33. The molecule has 1 aliphatic rings. The van der Waals surface area contributed by atoms with Crippen molar-refractivity contribution in [2.24, 2.45) is 0 Å². The van der Waals surface area contributed by atoms with E-state index in [0.717, 1.165) is 61.2 Å². The first kappa shape index (κ1) is 20.9. The molecule has 0 radical (unpaired) electrons. The number of H-pyrrole nitrogens is 1. The van der Waals surface area contributed by atoms with Gasteiger partial charge in [-0.2, -0.15) is 0 Å². The number of likely N-dealkylation sites (N-methyl/N-ethyl adjacent to an activating group) is 1. The van der Waals surface area contributed by atoms with Crippen molar-refractivity contribution in [3.05, 3.63) is 53.1 Å². The minimum Gasteiger partial charge on any atom is -0.338 e. The maximum Gasteiger partial charge on any atom is 0.242 e. The van der Waals surface area contributed by atoms with E-state index in [2.05, 4.69) is 34.3 Å². The molecule has 1 aromatic heterocycles. The van der Waals surface area contributed by atoms with Gasteiger partial charge in [-0.3, -0.25) is 0 Å². The maximum atomic E-state index is 13.0. The van der Waals surface area contributed by atoms with Crippen LogP contribution in [0.2, 0.25) is 0 Å². The van der Waals surface area contributed by atoms with Gasteiger partial charge in [0.05, 0.1) is 11.0 Å². The lowest BCUT2D eigenvalue weighted by molar-refractivity contribution is 0.149. The highest BCUT2D eigenvalue weighted by atomic mass is 19.3. The van der Waals surface area contributed by atoms with Gasteiger partial charge in [0.2, 0.25) is 6.43 Å². The third-order valence-corrected chi connectivity index (χ3v) is 6.18. The molecule has 0 unspecified atom stereocenters. The predicted octanol–water partition coefficient (Wildman–Crippen LogP) is 5.24. The van der Waals surface area contributed by atoms with E-state index in [1.54, 1.807) is 12.1 Å². The Labute approximate surface area is 179 Å². The minimum atomic E-state index is -2.37. The average molecular weight is 417 g/mol. The molecule has 30 heavy (non-hydrogen) atoms. The number of aromatic nitrogens is 2. The van der Waals surface area contributed by atoms with Crippen LogP contribution in [0.15, 0.2) is 36.4 Å². The number of rotatable bonds is 7. The van der Waals surface area contributed by atoms with Crippen molar-refractivity contribution < 1.29 is 11.6 Å². The van der Waals surface area contributed by atoms with Crippen LogP contribution in [0.5, 0.6) is 0 Å². The molecule has 1 aliphatic heterocycles. The van der Waals surface area contributed by atoms with E-state index in [1.807, 2.05) is 19.2 Å². The number of likely N-dealkylation sites (tertiary alicyclic amines) is 1. The number of hydrogen-bond acceptors (Lipinski definition) is 3. The van der Waals surface area contributed by atoms with Crippen molar-refractivity contribution in [3.63, 3.8) is 0 Å². The molecule has 0 spiro atoms. The summed E-state index contributed by atoms with van der Waals surface area (Å²) in [6.45, 7) is 6.46. The van der Waals surface area contributed by atoms with E-state index in [1.165, 1.54) is 5.56 Å². The van der Waals surface area contributed by atoms with Gasteiger partial charge in [-0.25, -0.2) is 13.8 Å². The number of piperidine rings is 1. The molecule has 1 saturated heterocycles. The molecule has 1 fully saturated rings. The fourth-order valence-electron chi connectivity index (χ4n) is 4.54. The van der Waals surface area contributed by atoms with Gasteiger partial charge >= 0.3 is 0 Å². The van der Waals surface area contributed by atoms with Crippen molar-refractivity contribution in [1.82, 2.24) is 20.2 Å². The number of halogens is 2. The van der Waals surface area contributed by atoms with Crippen LogP contribution in [0.3, 0.4) is 0 Å². The SMILES string of the molecule is CNCCN1CCC(c2cc(C)c3nc(-c4ccccc4CC(F)F)[nH]c3c2)CC1.[HH].[HH]. The van der Waals surface area contributed by atoms with Crippen LogP contribution < -0.4 is 5.32 Å². The first-order valence-electron chi connectivity index (χ1n) is 10.8. The smallest absolute Gasteiger partial charge is 0.242 e. The van der Waals surface area contributed by atoms with E-state index >= 15 is 0 Å². The summed E-state index contributed by atoms with van der Waals surface area (Å²) in [6, 6.07) is 11.8. The zero-order valence-electron chi connectivity index (χ0n) is 17.7. The predicted molar refractivity (Wildman–Crippen MR) is 123 cm³/mol. The Morgan fingerprint density at radius 1 is 1.23 bits per heavy atom. The van der Waals surface area contributed by atoms with Gasteiger partial charge < -0.3 is 15.2 Å². The molecular weight excluding hydrogens is 382 g/mol. The first-order chi connectivity index (χ1) is 14.5. The van der Waals surface area contributed by atoms with Gasteiger partial charge in [0.25, 0.3) is 0 Å². The number of nitrogens with zero attached hydrogens (tertiary/aromatic N) is 2. The van der Waals surface area contributed by atoms with Gasteiger partial charge in [0.1, 0.15) is 5.82 Å². The van der Waals surface area contributed by atoms with E-state index < -0.39 is 6.43 Å². The molecule has 0 aliphatic carbocycles. The van der Waals surface area contributed by atoms with Gasteiger partial charge in [0, 0.05) is 27.9 Å². The number of imidazole rings is 1. The molecule has 2 N–H and O–H groups in total. The molecule has 4 rings (SSSR count). The van der Waals surface area contributed by atoms with Gasteiger partial charge in [-0.15, -0.1) is 0 Å². The lowest BCUT2D eigenvalue weighted by Gasteiger charge is -2.32. The van der Waals surface area contributed by atoms with Crippen LogP contribution in [-0.2, 0) is 6.42 Å². The van der Waals surface area contributed by atoms with Crippen LogP contribution in [-0.4, -0.2) is 54.5 Å². The monoisotopic (exact) mass is 416 g/mol. The molecule has 0 bridgehead atoms. The van der Waals surface area contributed by atoms with Crippen LogP contribution in [0.1, 0.15) is 38.3 Å². The van der Waals surface area contributed by atoms with Crippen LogP contribution in [0.25, 0.3) is 22.4 Å². The Kier molecular flexibility index (Phi) is 6.44. The number of aryl methyl sites for hydroxylation is 1. The van der Waals surface area contributed by atoms with Crippen LogP contribution in [0, 0.1) is 6.92 Å². The number of nitrogens with one attached hydrogen (secondary N) is 2. The number of hydrogen-bond donors (Lipinski definition) is 2. The molecule has 6 heteroatoms. The molecule has 0 saturated carbocycles.